The van der Waals surface area contributed by atoms with Crippen LogP contribution in [0.5, 0.6) is 0 Å². The summed E-state index contributed by atoms with van der Waals surface area (Å²) in [4.78, 5) is 0. The average molecular weight is 308 g/mol. The molecule has 1 rings (SSSR count). The smallest absolute Gasteiger partial charge is 0.0754 e. The van der Waals surface area contributed by atoms with Gasteiger partial charge in [-0.3, -0.25) is 0 Å². The number of rotatable bonds is 6. The average Bonchev–Trinajstić information content (AvgIpc) is 2.59. The van der Waals surface area contributed by atoms with E-state index in [0.717, 1.165) is 12.8 Å². The fourth-order valence-electron chi connectivity index (χ4n) is 2.11. The first-order valence-corrected chi connectivity index (χ1v) is 7.87. The predicted molar refractivity (Wildman–Crippen MR) is 83.8 cm³/mol. The Morgan fingerprint density at radius 2 is 1.32 bits per heavy atom. The molecule has 1 fully saturated rings. The molecule has 0 amide bonds. The van der Waals surface area contributed by atoms with Crippen molar-refractivity contribution in [2.45, 2.75) is 46.0 Å². The summed E-state index contributed by atoms with van der Waals surface area (Å²) in [5.41, 5.74) is -0.127. The van der Waals surface area contributed by atoms with Gasteiger partial charge >= 0.3 is 0 Å². The van der Waals surface area contributed by atoms with Gasteiger partial charge in [0.1, 0.15) is 0 Å². The van der Waals surface area contributed by atoms with Gasteiger partial charge < -0.3 is 10.2 Å². The van der Waals surface area contributed by atoms with Crippen LogP contribution < -0.4 is 0 Å². The monoisotopic (exact) mass is 308 g/mol. The van der Waals surface area contributed by atoms with Gasteiger partial charge in [-0.2, -0.15) is 20.8 Å². The molecule has 124 valence electrons. The maximum absolute atomic E-state index is 8.98. The van der Waals surface area contributed by atoms with E-state index in [1.54, 1.807) is 13.8 Å². The fraction of sp³-hybridized carbons (Fsp3) is 0.875. The Balaban J connectivity index is 0.000000406. The van der Waals surface area contributed by atoms with Crippen molar-refractivity contribution in [2.24, 2.45) is 27.5 Å². The van der Waals surface area contributed by atoms with Crippen LogP contribution in [0.3, 0.4) is 0 Å². The molecule has 0 spiro atoms. The highest BCUT2D eigenvalue weighted by Gasteiger charge is 2.30. The number of azo groups is 1. The summed E-state index contributed by atoms with van der Waals surface area (Å²) in [5, 5.41) is 42.3. The third-order valence-electron chi connectivity index (χ3n) is 3.84. The van der Waals surface area contributed by atoms with Crippen LogP contribution in [-0.2, 0) is 0 Å². The lowest BCUT2D eigenvalue weighted by atomic mass is 9.75. The van der Waals surface area contributed by atoms with Gasteiger partial charge in [-0.1, -0.05) is 19.3 Å². The van der Waals surface area contributed by atoms with Gasteiger partial charge in [-0.25, -0.2) is 0 Å². The largest absolute Gasteiger partial charge is 0.396 e. The van der Waals surface area contributed by atoms with E-state index in [1.807, 2.05) is 12.1 Å². The highest BCUT2D eigenvalue weighted by atomic mass is 16.3. The molecule has 6 nitrogen and oxygen atoms in total. The second-order valence-corrected chi connectivity index (χ2v) is 6.09. The van der Waals surface area contributed by atoms with Gasteiger partial charge in [0.2, 0.25) is 0 Å². The third kappa shape index (κ3) is 8.71. The zero-order chi connectivity index (χ0) is 16.8. The van der Waals surface area contributed by atoms with E-state index in [2.05, 4.69) is 10.2 Å². The maximum Gasteiger partial charge on any atom is 0.0754 e. The molecule has 0 radical (unpaired) electrons. The van der Waals surface area contributed by atoms with Crippen LogP contribution in [0.4, 0.5) is 0 Å². The third-order valence-corrected chi connectivity index (χ3v) is 3.84. The second kappa shape index (κ2) is 12.1. The summed E-state index contributed by atoms with van der Waals surface area (Å²) < 4.78 is 0. The minimum Gasteiger partial charge on any atom is -0.396 e. The van der Waals surface area contributed by atoms with Crippen molar-refractivity contribution in [1.82, 2.24) is 0 Å². The molecule has 1 saturated carbocycles. The van der Waals surface area contributed by atoms with Gasteiger partial charge in [-0.05, 0) is 26.7 Å². The first-order valence-electron chi connectivity index (χ1n) is 7.87. The number of aliphatic hydroxyl groups excluding tert-OH is 2. The molecule has 0 aromatic rings. The highest BCUT2D eigenvalue weighted by Crippen LogP contribution is 2.34. The first-order chi connectivity index (χ1) is 10.5. The Labute approximate surface area is 133 Å². The lowest BCUT2D eigenvalue weighted by molar-refractivity contribution is 0.0234. The molecule has 0 bridgehead atoms. The maximum atomic E-state index is 8.98. The Morgan fingerprint density at radius 1 is 0.909 bits per heavy atom. The molecule has 6 heteroatoms. The molecule has 0 aliphatic heterocycles. The number of hydrogen-bond donors (Lipinski definition) is 2. The fourth-order valence-corrected chi connectivity index (χ4v) is 2.11. The van der Waals surface area contributed by atoms with E-state index >= 15 is 0 Å². The Kier molecular flexibility index (Phi) is 11.3. The predicted octanol–water partition coefficient (Wildman–Crippen LogP) is 2.68. The van der Waals surface area contributed by atoms with Crippen molar-refractivity contribution >= 4 is 0 Å². The number of nitriles is 2. The van der Waals surface area contributed by atoms with Crippen LogP contribution in [0.15, 0.2) is 10.2 Å². The Morgan fingerprint density at radius 3 is 1.59 bits per heavy atom. The van der Waals surface area contributed by atoms with Crippen molar-refractivity contribution in [2.75, 3.05) is 26.3 Å². The second-order valence-electron chi connectivity index (χ2n) is 6.09. The van der Waals surface area contributed by atoms with Gasteiger partial charge in [0.25, 0.3) is 0 Å². The molecule has 22 heavy (non-hydrogen) atoms. The topological polar surface area (TPSA) is 113 Å². The summed E-state index contributed by atoms with van der Waals surface area (Å²) in [7, 11) is 0. The molecule has 0 saturated heterocycles. The molecule has 0 aromatic heterocycles. The molecular weight excluding hydrogens is 280 g/mol. The number of hydrogen-bond acceptors (Lipinski definition) is 6. The van der Waals surface area contributed by atoms with E-state index < -0.39 is 0 Å². The van der Waals surface area contributed by atoms with Crippen LogP contribution in [-0.4, -0.2) is 36.5 Å². The van der Waals surface area contributed by atoms with E-state index in [9.17, 15) is 0 Å². The molecule has 0 aromatic carbocycles. The quantitative estimate of drug-likeness (QED) is 0.734. The van der Waals surface area contributed by atoms with E-state index in [-0.39, 0.29) is 30.5 Å². The molecule has 2 atom stereocenters. The molecule has 1 aliphatic carbocycles. The summed E-state index contributed by atoms with van der Waals surface area (Å²) in [6, 6.07) is 4.10. The van der Waals surface area contributed by atoms with Crippen molar-refractivity contribution in [3.05, 3.63) is 0 Å². The van der Waals surface area contributed by atoms with Crippen molar-refractivity contribution in [3.63, 3.8) is 0 Å². The lowest BCUT2D eigenvalue weighted by Gasteiger charge is -2.33. The highest BCUT2D eigenvalue weighted by molar-refractivity contribution is 4.82. The van der Waals surface area contributed by atoms with Crippen LogP contribution in [0.1, 0.15) is 46.0 Å². The zero-order valence-corrected chi connectivity index (χ0v) is 13.7. The van der Waals surface area contributed by atoms with Gasteiger partial charge in [0, 0.05) is 5.41 Å². The lowest BCUT2D eigenvalue weighted by Crippen LogP contribution is -2.31. The van der Waals surface area contributed by atoms with Crippen LogP contribution >= 0.6 is 0 Å². The Hall–Kier alpha value is -1.50. The van der Waals surface area contributed by atoms with Gasteiger partial charge in [0.05, 0.1) is 50.3 Å². The number of aliphatic hydroxyl groups is 2. The summed E-state index contributed by atoms with van der Waals surface area (Å²) >= 11 is 0. The summed E-state index contributed by atoms with van der Waals surface area (Å²) in [6.07, 6.45) is 5.60. The van der Waals surface area contributed by atoms with Crippen LogP contribution in [0.2, 0.25) is 0 Å². The SMILES string of the molecule is CC(C#N)CN=NCC(C)C#N.OCC1(CO)CCCCC1. The van der Waals surface area contributed by atoms with Crippen molar-refractivity contribution in [3.8, 4) is 12.1 Å². The minimum atomic E-state index is -0.127. The first kappa shape index (κ1) is 20.5. The van der Waals surface area contributed by atoms with E-state index in [4.69, 9.17) is 20.7 Å². The standard InChI is InChI=1S/C8H12N4.C8H16O2/c1-7(3-9)5-11-12-6-8(2)4-10;9-6-8(7-10)4-2-1-3-5-8/h7-8H,5-6H2,1-2H3;9-10H,1-7H2. The van der Waals surface area contributed by atoms with Crippen molar-refractivity contribution in [1.29, 1.82) is 10.5 Å². The Bertz CT molecular complexity index is 362. The number of nitrogens with zero attached hydrogens (tertiary/aromatic N) is 4. The molecule has 0 heterocycles. The molecule has 2 unspecified atom stereocenters. The van der Waals surface area contributed by atoms with Crippen LogP contribution in [0, 0.1) is 39.9 Å². The minimum absolute atomic E-state index is 0.0915. The van der Waals surface area contributed by atoms with Crippen LogP contribution in [0.25, 0.3) is 0 Å². The van der Waals surface area contributed by atoms with E-state index in [1.165, 1.54) is 19.3 Å². The molecule has 2 N–H and O–H groups in total. The summed E-state index contributed by atoms with van der Waals surface area (Å²) in [6.45, 7) is 4.73. The summed E-state index contributed by atoms with van der Waals surface area (Å²) in [5.74, 6) is -0.183. The van der Waals surface area contributed by atoms with Crippen molar-refractivity contribution < 1.29 is 10.2 Å². The molecule has 1 aliphatic rings. The molecular formula is C16H28N4O2. The zero-order valence-electron chi connectivity index (χ0n) is 13.7. The van der Waals surface area contributed by atoms with Gasteiger partial charge in [0.15, 0.2) is 0 Å². The normalized spacial score (nSPS) is 19.4. The van der Waals surface area contributed by atoms with E-state index in [0.29, 0.717) is 13.1 Å². The van der Waals surface area contributed by atoms with Gasteiger partial charge in [-0.15, -0.1) is 0 Å².